The molecule has 1 aromatic carbocycles. The maximum absolute atomic E-state index is 11.5. The normalized spacial score (nSPS) is 17.7. The fourth-order valence-electron chi connectivity index (χ4n) is 1.42. The topological polar surface area (TPSA) is 94.3 Å². The summed E-state index contributed by atoms with van der Waals surface area (Å²) >= 11 is 0. The highest BCUT2D eigenvalue weighted by molar-refractivity contribution is 7.96. The summed E-state index contributed by atoms with van der Waals surface area (Å²) in [6.45, 7) is 0. The van der Waals surface area contributed by atoms with Crippen LogP contribution in [0.15, 0.2) is 33.4 Å². The van der Waals surface area contributed by atoms with Crippen molar-refractivity contribution in [1.29, 1.82) is 0 Å². The Labute approximate surface area is 87.2 Å². The molecule has 0 saturated heterocycles. The summed E-state index contributed by atoms with van der Waals surface area (Å²) in [5.41, 5.74) is 0.349. The third-order valence-corrected chi connectivity index (χ3v) is 4.63. The molecule has 0 radical (unpaired) electrons. The van der Waals surface area contributed by atoms with Crippen molar-refractivity contribution < 1.29 is 16.8 Å². The van der Waals surface area contributed by atoms with Gasteiger partial charge in [0.1, 0.15) is 4.90 Å². The van der Waals surface area contributed by atoms with E-state index in [1.54, 1.807) is 0 Å². The van der Waals surface area contributed by atoms with E-state index in [-0.39, 0.29) is 9.79 Å². The Morgan fingerprint density at radius 3 is 2.47 bits per heavy atom. The molecule has 0 spiro atoms. The third kappa shape index (κ3) is 1.58. The van der Waals surface area contributed by atoms with E-state index in [1.807, 2.05) is 0 Å². The Bertz CT molecular complexity index is 656. The van der Waals surface area contributed by atoms with Crippen molar-refractivity contribution in [3.63, 3.8) is 0 Å². The summed E-state index contributed by atoms with van der Waals surface area (Å²) in [4.78, 5) is -0.586. The number of rotatable bonds is 1. The van der Waals surface area contributed by atoms with Crippen LogP contribution < -0.4 is 5.14 Å². The number of benzene rings is 1. The van der Waals surface area contributed by atoms with Gasteiger partial charge in [-0.1, -0.05) is 12.1 Å². The van der Waals surface area contributed by atoms with Crippen molar-refractivity contribution in [3.8, 4) is 0 Å². The quantitative estimate of drug-likeness (QED) is 0.758. The van der Waals surface area contributed by atoms with Gasteiger partial charge in [-0.15, -0.1) is 0 Å². The van der Waals surface area contributed by atoms with E-state index in [1.165, 1.54) is 24.3 Å². The van der Waals surface area contributed by atoms with Gasteiger partial charge >= 0.3 is 0 Å². The molecule has 1 heterocycles. The van der Waals surface area contributed by atoms with Crippen LogP contribution in [-0.2, 0) is 19.9 Å². The van der Waals surface area contributed by atoms with Crippen molar-refractivity contribution in [2.45, 2.75) is 9.79 Å². The molecule has 80 valence electrons. The van der Waals surface area contributed by atoms with Gasteiger partial charge in [-0.25, -0.2) is 22.0 Å². The summed E-state index contributed by atoms with van der Waals surface area (Å²) in [5, 5.41) is 5.90. The molecule has 7 heteroatoms. The lowest BCUT2D eigenvalue weighted by molar-refractivity contribution is 0.588. The zero-order valence-corrected chi connectivity index (χ0v) is 9.05. The first-order chi connectivity index (χ1) is 6.82. The Hall–Kier alpha value is -1.18. The molecule has 1 aliphatic rings. The van der Waals surface area contributed by atoms with Crippen molar-refractivity contribution in [2.24, 2.45) is 5.14 Å². The maximum atomic E-state index is 11.5. The van der Waals surface area contributed by atoms with Crippen LogP contribution in [0.25, 0.3) is 6.08 Å². The summed E-state index contributed by atoms with van der Waals surface area (Å²) in [6, 6.07) is 4.15. The van der Waals surface area contributed by atoms with Gasteiger partial charge in [0, 0.05) is 5.41 Å². The average molecular weight is 245 g/mol. The van der Waals surface area contributed by atoms with Gasteiger partial charge in [0.2, 0.25) is 19.9 Å². The molecule has 1 aliphatic heterocycles. The van der Waals surface area contributed by atoms with Gasteiger partial charge in [0.25, 0.3) is 0 Å². The second kappa shape index (κ2) is 2.91. The summed E-state index contributed by atoms with van der Waals surface area (Å²) in [6.07, 6.45) is 1.35. The van der Waals surface area contributed by atoms with Crippen LogP contribution in [0.4, 0.5) is 0 Å². The van der Waals surface area contributed by atoms with Crippen LogP contribution in [0, 0.1) is 0 Å². The number of fused-ring (bicyclic) bond motifs is 1. The van der Waals surface area contributed by atoms with E-state index < -0.39 is 19.9 Å². The average Bonchev–Trinajstić information content (AvgIpc) is 2.41. The number of sulfone groups is 1. The summed E-state index contributed by atoms with van der Waals surface area (Å²) < 4.78 is 45.4. The van der Waals surface area contributed by atoms with Crippen LogP contribution in [0.2, 0.25) is 0 Å². The molecule has 0 amide bonds. The van der Waals surface area contributed by atoms with Gasteiger partial charge in [-0.05, 0) is 17.7 Å². The van der Waals surface area contributed by atoms with Crippen LogP contribution in [0.1, 0.15) is 5.56 Å². The first-order valence-electron chi connectivity index (χ1n) is 3.91. The monoisotopic (exact) mass is 245 g/mol. The van der Waals surface area contributed by atoms with Gasteiger partial charge in [-0.3, -0.25) is 0 Å². The number of nitrogens with two attached hydrogens (primary N) is 1. The van der Waals surface area contributed by atoms with Crippen LogP contribution in [0.5, 0.6) is 0 Å². The third-order valence-electron chi connectivity index (χ3n) is 2.03. The molecule has 0 bridgehead atoms. The Balaban J connectivity index is 2.92. The summed E-state index contributed by atoms with van der Waals surface area (Å²) in [7, 11) is -7.68. The van der Waals surface area contributed by atoms with E-state index in [9.17, 15) is 16.8 Å². The standard InChI is InChI=1S/C8H7NO4S2/c9-15(12,13)7-3-1-2-6-4-5-14(10,11)8(6)7/h1-5H,(H2,9,12,13). The van der Waals surface area contributed by atoms with Crippen molar-refractivity contribution >= 4 is 25.9 Å². The van der Waals surface area contributed by atoms with E-state index in [0.717, 1.165) is 5.41 Å². The Morgan fingerprint density at radius 2 is 1.87 bits per heavy atom. The highest BCUT2D eigenvalue weighted by Crippen LogP contribution is 2.31. The zero-order chi connectivity index (χ0) is 11.3. The minimum Gasteiger partial charge on any atom is -0.225 e. The highest BCUT2D eigenvalue weighted by atomic mass is 32.2. The lowest BCUT2D eigenvalue weighted by Gasteiger charge is -2.04. The smallest absolute Gasteiger partial charge is 0.225 e. The molecule has 0 fully saturated rings. The van der Waals surface area contributed by atoms with E-state index in [0.29, 0.717) is 5.56 Å². The molecule has 15 heavy (non-hydrogen) atoms. The predicted molar refractivity (Wildman–Crippen MR) is 54.0 cm³/mol. The van der Waals surface area contributed by atoms with Gasteiger partial charge in [0.05, 0.1) is 4.90 Å². The minimum absolute atomic E-state index is 0.229. The molecular weight excluding hydrogens is 238 g/mol. The Kier molecular flexibility index (Phi) is 2.00. The maximum Gasteiger partial charge on any atom is 0.239 e. The van der Waals surface area contributed by atoms with E-state index in [4.69, 9.17) is 5.14 Å². The lowest BCUT2D eigenvalue weighted by Crippen LogP contribution is -2.15. The molecular formula is C8H7NO4S2. The van der Waals surface area contributed by atoms with E-state index >= 15 is 0 Å². The van der Waals surface area contributed by atoms with Crippen LogP contribution in [0.3, 0.4) is 0 Å². The molecule has 0 aliphatic carbocycles. The minimum atomic E-state index is -4.02. The molecule has 2 rings (SSSR count). The fraction of sp³-hybridized carbons (Fsp3) is 0. The van der Waals surface area contributed by atoms with Crippen LogP contribution >= 0.6 is 0 Å². The second-order valence-electron chi connectivity index (χ2n) is 3.07. The molecule has 0 atom stereocenters. The molecule has 0 saturated carbocycles. The lowest BCUT2D eigenvalue weighted by atomic mass is 10.2. The molecule has 0 unspecified atom stereocenters. The largest absolute Gasteiger partial charge is 0.239 e. The number of primary sulfonamides is 1. The zero-order valence-electron chi connectivity index (χ0n) is 7.41. The highest BCUT2D eigenvalue weighted by Gasteiger charge is 2.28. The van der Waals surface area contributed by atoms with Gasteiger partial charge < -0.3 is 0 Å². The van der Waals surface area contributed by atoms with Gasteiger partial charge in [0.15, 0.2) is 0 Å². The van der Waals surface area contributed by atoms with Crippen molar-refractivity contribution in [1.82, 2.24) is 0 Å². The van der Waals surface area contributed by atoms with Crippen molar-refractivity contribution in [3.05, 3.63) is 29.2 Å². The van der Waals surface area contributed by atoms with E-state index in [2.05, 4.69) is 0 Å². The molecule has 1 aromatic rings. The van der Waals surface area contributed by atoms with Crippen LogP contribution in [-0.4, -0.2) is 16.8 Å². The molecule has 5 nitrogen and oxygen atoms in total. The predicted octanol–water partition coefficient (Wildman–Crippen LogP) is 0.0920. The number of sulfonamides is 1. The second-order valence-corrected chi connectivity index (χ2v) is 6.37. The van der Waals surface area contributed by atoms with Crippen molar-refractivity contribution in [2.75, 3.05) is 0 Å². The fourth-order valence-corrected chi connectivity index (χ4v) is 4.04. The Morgan fingerprint density at radius 1 is 1.20 bits per heavy atom. The first kappa shape index (κ1) is 10.3. The molecule has 0 aromatic heterocycles. The summed E-state index contributed by atoms with van der Waals surface area (Å²) in [5.74, 6) is 0. The number of hydrogen-bond acceptors (Lipinski definition) is 4. The van der Waals surface area contributed by atoms with Gasteiger partial charge in [-0.2, -0.15) is 0 Å². The SMILES string of the molecule is NS(=O)(=O)c1cccc2c1S(=O)(=O)C=C2. The number of hydrogen-bond donors (Lipinski definition) is 1. The molecule has 2 N–H and O–H groups in total. The first-order valence-corrected chi connectivity index (χ1v) is 7.00.